The first-order chi connectivity index (χ1) is 16.1. The summed E-state index contributed by atoms with van der Waals surface area (Å²) in [6, 6.07) is 1.58. The Morgan fingerprint density at radius 1 is 1.05 bits per heavy atom. The number of rotatable bonds is 17. The summed E-state index contributed by atoms with van der Waals surface area (Å²) in [7, 11) is -9.56. The number of hydrogen-bond acceptors (Lipinski definition) is 13. The zero-order chi connectivity index (χ0) is 28.4. The van der Waals surface area contributed by atoms with Crippen molar-refractivity contribution in [2.24, 2.45) is 11.3 Å². The molecule has 0 aliphatic rings. The standard InChI is InChI=1S/C18H39N3O12Si3.ClH/c1-15(17(23)31-11-10-21(3,4)5)13-18(2,14-19)8-7-16(22)20-9-6-12-34(24,32-35(25,26)27)33-36(28,29)30;/h15,24-30H,6-13H2,1-5H3;1H. The Morgan fingerprint density at radius 2 is 1.57 bits per heavy atom. The molecule has 1 amide bonds. The average Bonchev–Trinajstić information content (AvgIpc) is 2.65. The minimum atomic E-state index is -5.33. The maximum atomic E-state index is 12.2. The summed E-state index contributed by atoms with van der Waals surface area (Å²) in [5.74, 6) is -1.42. The molecular formula is C18H40ClN3O12Si3. The number of esters is 1. The van der Waals surface area contributed by atoms with Gasteiger partial charge in [0.25, 0.3) is 0 Å². The van der Waals surface area contributed by atoms with Crippen molar-refractivity contribution in [3.8, 4) is 6.07 Å². The van der Waals surface area contributed by atoms with E-state index in [1.807, 2.05) is 21.1 Å². The summed E-state index contributed by atoms with van der Waals surface area (Å²) in [4.78, 5) is 88.6. The Bertz CT molecular complexity index is 754. The lowest BCUT2D eigenvalue weighted by Crippen LogP contribution is -3.00. The molecule has 2 atom stereocenters. The summed E-state index contributed by atoms with van der Waals surface area (Å²) < 4.78 is 14.4. The van der Waals surface area contributed by atoms with Crippen LogP contribution in [0.1, 0.15) is 39.5 Å². The second-order valence-corrected chi connectivity index (χ2v) is 15.8. The van der Waals surface area contributed by atoms with Gasteiger partial charge >= 0.3 is 32.9 Å². The Balaban J connectivity index is 0. The number of ether oxygens (including phenoxy) is 1. The number of nitrogens with one attached hydrogen (secondary N) is 1. The summed E-state index contributed by atoms with van der Waals surface area (Å²) in [6.45, 7) is 4.10. The summed E-state index contributed by atoms with van der Waals surface area (Å²) in [5, 5.41) is 12.1. The van der Waals surface area contributed by atoms with Gasteiger partial charge in [0, 0.05) is 19.0 Å². The molecule has 0 fully saturated rings. The molecule has 0 saturated carbocycles. The maximum absolute atomic E-state index is 12.2. The van der Waals surface area contributed by atoms with Gasteiger partial charge in [-0.15, -0.1) is 0 Å². The lowest BCUT2D eigenvalue weighted by Gasteiger charge is -2.28. The zero-order valence-electron chi connectivity index (χ0n) is 21.7. The van der Waals surface area contributed by atoms with Crippen molar-refractivity contribution in [2.75, 3.05) is 40.8 Å². The third-order valence-corrected chi connectivity index (χ3v) is 10.7. The van der Waals surface area contributed by atoms with Crippen molar-refractivity contribution in [3.05, 3.63) is 0 Å². The van der Waals surface area contributed by atoms with E-state index in [0.717, 1.165) is 0 Å². The van der Waals surface area contributed by atoms with Gasteiger partial charge in [0.1, 0.15) is 13.2 Å². The molecule has 0 bridgehead atoms. The molecule has 0 rings (SSSR count). The maximum Gasteiger partial charge on any atom is 0.663 e. The molecule has 37 heavy (non-hydrogen) atoms. The number of carbonyl (C=O) groups excluding carboxylic acids is 2. The average molecular weight is 610 g/mol. The van der Waals surface area contributed by atoms with Crippen LogP contribution in [0.25, 0.3) is 0 Å². The van der Waals surface area contributed by atoms with Gasteiger partial charge in [-0.1, -0.05) is 6.92 Å². The van der Waals surface area contributed by atoms with Gasteiger partial charge in [-0.3, -0.25) is 9.59 Å². The Morgan fingerprint density at radius 3 is 2.00 bits per heavy atom. The van der Waals surface area contributed by atoms with Gasteiger partial charge in [0.05, 0.1) is 38.5 Å². The molecule has 0 saturated heterocycles. The van der Waals surface area contributed by atoms with E-state index in [1.165, 1.54) is 0 Å². The smallest absolute Gasteiger partial charge is 0.663 e. The molecule has 218 valence electrons. The topological polar surface area (TPSA) is 239 Å². The van der Waals surface area contributed by atoms with Crippen molar-refractivity contribution in [2.45, 2.75) is 45.6 Å². The van der Waals surface area contributed by atoms with E-state index in [-0.39, 0.29) is 51.2 Å². The van der Waals surface area contributed by atoms with E-state index in [0.29, 0.717) is 11.0 Å². The first-order valence-electron chi connectivity index (χ1n) is 11.2. The van der Waals surface area contributed by atoms with Crippen LogP contribution in [0.4, 0.5) is 0 Å². The van der Waals surface area contributed by atoms with Crippen molar-refractivity contribution >= 4 is 38.8 Å². The van der Waals surface area contributed by atoms with Crippen LogP contribution in [0.15, 0.2) is 0 Å². The van der Waals surface area contributed by atoms with Gasteiger partial charge in [0.2, 0.25) is 5.91 Å². The van der Waals surface area contributed by atoms with E-state index >= 15 is 0 Å². The highest BCUT2D eigenvalue weighted by atomic mass is 35.5. The number of nitrogens with zero attached hydrogens (tertiary/aromatic N) is 2. The monoisotopic (exact) mass is 609 g/mol. The zero-order valence-corrected chi connectivity index (χ0v) is 25.4. The fourth-order valence-corrected chi connectivity index (χ4v) is 8.50. The number of hydrogen-bond donors (Lipinski definition) is 8. The van der Waals surface area contributed by atoms with Crippen molar-refractivity contribution < 1.29 is 73.0 Å². The third-order valence-electron chi connectivity index (χ3n) is 4.92. The van der Waals surface area contributed by atoms with Crippen LogP contribution in [0.2, 0.25) is 6.04 Å². The van der Waals surface area contributed by atoms with Crippen LogP contribution in [0.5, 0.6) is 0 Å². The van der Waals surface area contributed by atoms with Crippen molar-refractivity contribution in [1.82, 2.24) is 5.32 Å². The van der Waals surface area contributed by atoms with E-state index in [1.54, 1.807) is 13.8 Å². The van der Waals surface area contributed by atoms with Crippen LogP contribution in [0, 0.1) is 22.7 Å². The molecule has 0 aromatic heterocycles. The van der Waals surface area contributed by atoms with Gasteiger partial charge in [-0.25, -0.2) is 0 Å². The lowest BCUT2D eigenvalue weighted by atomic mass is 9.79. The molecule has 8 N–H and O–H groups in total. The van der Waals surface area contributed by atoms with E-state index in [4.69, 9.17) is 33.5 Å². The second-order valence-electron chi connectivity index (χ2n) is 9.98. The molecule has 0 aromatic rings. The number of halogens is 1. The van der Waals surface area contributed by atoms with Gasteiger partial charge in [-0.05, 0) is 26.2 Å². The Labute approximate surface area is 226 Å². The van der Waals surface area contributed by atoms with Crippen LogP contribution >= 0.6 is 0 Å². The highest BCUT2D eigenvalue weighted by Gasteiger charge is 2.53. The summed E-state index contributed by atoms with van der Waals surface area (Å²) >= 11 is 0. The van der Waals surface area contributed by atoms with Crippen molar-refractivity contribution in [3.63, 3.8) is 0 Å². The number of likely N-dealkylation sites (N-methyl/N-ethyl adjacent to an activating group) is 1. The van der Waals surface area contributed by atoms with Crippen LogP contribution in [0.3, 0.4) is 0 Å². The normalized spacial score (nSPS) is 15.1. The fourth-order valence-electron chi connectivity index (χ4n) is 3.09. The molecular weight excluding hydrogens is 570 g/mol. The number of nitriles is 1. The Kier molecular flexibility index (Phi) is 16.0. The minimum Gasteiger partial charge on any atom is -1.00 e. The minimum absolute atomic E-state index is 0. The predicted octanol–water partition coefficient (Wildman–Crippen LogP) is -6.13. The van der Waals surface area contributed by atoms with Gasteiger partial charge in [0.15, 0.2) is 0 Å². The van der Waals surface area contributed by atoms with Crippen molar-refractivity contribution in [1.29, 1.82) is 5.26 Å². The molecule has 0 aliphatic heterocycles. The first-order valence-corrected chi connectivity index (χ1v) is 16.7. The lowest BCUT2D eigenvalue weighted by molar-refractivity contribution is -0.870. The second kappa shape index (κ2) is 15.5. The highest BCUT2D eigenvalue weighted by Crippen LogP contribution is 2.31. The number of carbonyl (C=O) groups is 2. The van der Waals surface area contributed by atoms with Gasteiger partial charge < -0.3 is 68.7 Å². The summed E-state index contributed by atoms with van der Waals surface area (Å²) in [5.41, 5.74) is -0.973. The number of quaternary nitrogens is 1. The predicted molar refractivity (Wildman–Crippen MR) is 128 cm³/mol. The van der Waals surface area contributed by atoms with E-state index < -0.39 is 56.2 Å². The fraction of sp³-hybridized carbons (Fsp3) is 0.833. The highest BCUT2D eigenvalue weighted by molar-refractivity contribution is 6.75. The summed E-state index contributed by atoms with van der Waals surface area (Å²) in [6.07, 6.45) is 0.173. The molecule has 0 aliphatic carbocycles. The van der Waals surface area contributed by atoms with Crippen LogP contribution in [-0.4, -0.2) is 118 Å². The molecule has 19 heteroatoms. The molecule has 2 unspecified atom stereocenters. The molecule has 0 aromatic carbocycles. The first kappa shape index (κ1) is 38.1. The Hall–Kier alpha value is -1.03. The number of amides is 1. The molecule has 15 nitrogen and oxygen atoms in total. The van der Waals surface area contributed by atoms with E-state index in [9.17, 15) is 19.6 Å². The largest absolute Gasteiger partial charge is 1.00 e. The molecule has 0 spiro atoms. The molecule has 0 heterocycles. The van der Waals surface area contributed by atoms with Crippen LogP contribution in [-0.2, 0) is 22.6 Å². The quantitative estimate of drug-likeness (QED) is 0.0332. The molecule has 0 radical (unpaired) electrons. The van der Waals surface area contributed by atoms with Gasteiger partial charge in [-0.2, -0.15) is 5.26 Å². The van der Waals surface area contributed by atoms with Crippen LogP contribution < -0.4 is 17.7 Å². The SMILES string of the molecule is CC(CC(C)(C#N)CCC(=O)NCCC[Si](O)(O[Si](O)(O)O)O[Si](O)(O)O)C(=O)OCC[N+](C)(C)C.[Cl-]. The van der Waals surface area contributed by atoms with E-state index in [2.05, 4.69) is 19.6 Å². The third kappa shape index (κ3) is 19.7.